The second-order valence-electron chi connectivity index (χ2n) is 14.3. The van der Waals surface area contributed by atoms with Gasteiger partial charge in [-0.3, -0.25) is 9.59 Å². The smallest absolute Gasteiger partial charge is 0.170 e. The summed E-state index contributed by atoms with van der Waals surface area (Å²) >= 11 is 0. The molecule has 2 aromatic rings. The van der Waals surface area contributed by atoms with Crippen molar-refractivity contribution in [1.82, 2.24) is 0 Å². The minimum absolute atomic E-state index is 0.0318. The van der Waals surface area contributed by atoms with Crippen LogP contribution in [0.4, 0.5) is 0 Å². The van der Waals surface area contributed by atoms with Crippen LogP contribution in [0, 0.1) is 29.1 Å². The number of methoxy groups -OCH3 is 1. The van der Waals surface area contributed by atoms with E-state index in [4.69, 9.17) is 11.3 Å². The molecule has 3 aliphatic rings. The first kappa shape index (κ1) is 31.0. The second kappa shape index (κ2) is 10.6. The zero-order valence-corrected chi connectivity index (χ0v) is 27.6. The van der Waals surface area contributed by atoms with Crippen LogP contribution in [0.1, 0.15) is 96.4 Å². The van der Waals surface area contributed by atoms with Gasteiger partial charge in [0.2, 0.25) is 0 Å². The maximum absolute atomic E-state index is 13.3. The number of rotatable bonds is 7. The van der Waals surface area contributed by atoms with E-state index >= 15 is 0 Å². The first-order chi connectivity index (χ1) is 20.1. The fourth-order valence-corrected chi connectivity index (χ4v) is 8.81. The molecule has 0 aliphatic heterocycles. The Hall–Kier alpha value is -3.40. The van der Waals surface area contributed by atoms with E-state index in [1.165, 1.54) is 40.3 Å². The van der Waals surface area contributed by atoms with Crippen LogP contribution in [0.5, 0.6) is 5.75 Å². The topological polar surface area (TPSA) is 63.6 Å². The van der Waals surface area contributed by atoms with Crippen molar-refractivity contribution in [1.29, 1.82) is 0 Å². The summed E-state index contributed by atoms with van der Waals surface area (Å²) in [5, 5.41) is 11.7. The Bertz CT molecular complexity index is 1600. The van der Waals surface area contributed by atoms with Gasteiger partial charge in [0.05, 0.1) is 18.1 Å². The van der Waals surface area contributed by atoms with Gasteiger partial charge in [0.25, 0.3) is 0 Å². The van der Waals surface area contributed by atoms with Gasteiger partial charge in [0.1, 0.15) is 11.5 Å². The molecule has 0 heterocycles. The van der Waals surface area contributed by atoms with E-state index in [1.54, 1.807) is 7.11 Å². The number of benzene rings is 2. The van der Waals surface area contributed by atoms with Crippen LogP contribution >= 0.6 is 0 Å². The number of hydrogen-bond donors (Lipinski definition) is 1. The van der Waals surface area contributed by atoms with Crippen LogP contribution in [-0.4, -0.2) is 23.8 Å². The van der Waals surface area contributed by atoms with Gasteiger partial charge in [-0.15, -0.1) is 0 Å². The Balaban J connectivity index is 1.78. The van der Waals surface area contributed by atoms with Crippen LogP contribution in [-0.2, 0) is 22.4 Å². The molecule has 4 atom stereocenters. The van der Waals surface area contributed by atoms with Crippen molar-refractivity contribution in [3.8, 4) is 16.9 Å². The average molecular weight is 581 g/mol. The maximum Gasteiger partial charge on any atom is 0.170 e. The van der Waals surface area contributed by atoms with Crippen LogP contribution in [0.15, 0.2) is 59.4 Å². The molecule has 0 amide bonds. The number of ketones is 2. The second-order valence-corrected chi connectivity index (χ2v) is 14.3. The van der Waals surface area contributed by atoms with Gasteiger partial charge in [0, 0.05) is 6.42 Å². The number of Topliss-reactive ketones (excluding diaryl/α,β-unsaturated/α-hetero) is 2. The highest BCUT2D eigenvalue weighted by atomic mass is 16.5. The zero-order valence-electron chi connectivity index (χ0n) is 27.6. The first-order valence-electron chi connectivity index (χ1n) is 15.8. The number of aliphatic hydroxyl groups excluding tert-OH is 1. The number of allylic oxidation sites excluding steroid dienone is 4. The Labute approximate surface area is 257 Å². The molecule has 0 saturated carbocycles. The average Bonchev–Trinajstić information content (AvgIpc) is 2.94. The Morgan fingerprint density at radius 3 is 2.35 bits per heavy atom. The summed E-state index contributed by atoms with van der Waals surface area (Å²) in [6.45, 7) is 21.5. The van der Waals surface area contributed by atoms with E-state index in [-0.39, 0.29) is 34.7 Å². The maximum atomic E-state index is 13.3. The van der Waals surface area contributed by atoms with Crippen molar-refractivity contribution in [2.75, 3.05) is 7.11 Å². The number of carbonyl (C=O) groups is 2. The third kappa shape index (κ3) is 4.55. The van der Waals surface area contributed by atoms with Gasteiger partial charge in [0.15, 0.2) is 11.6 Å². The van der Waals surface area contributed by atoms with Crippen molar-refractivity contribution in [2.45, 2.75) is 93.9 Å². The Morgan fingerprint density at radius 2 is 1.77 bits per heavy atom. The molecule has 0 bridgehead atoms. The monoisotopic (exact) mass is 580 g/mol. The molecule has 5 rings (SSSR count). The number of ether oxygens (including phenoxy) is 1. The molecule has 4 nitrogen and oxygen atoms in total. The lowest BCUT2D eigenvalue weighted by molar-refractivity contribution is -0.127. The molecule has 0 fully saturated rings. The highest BCUT2D eigenvalue weighted by molar-refractivity contribution is 6.20. The number of fused-ring (bicyclic) bond motifs is 3. The molecule has 0 radical (unpaired) electrons. The minimum atomic E-state index is -0.835. The third-order valence-corrected chi connectivity index (χ3v) is 11.6. The normalized spacial score (nSPS) is 27.5. The molecular formula is C39H48O4. The van der Waals surface area contributed by atoms with Crippen molar-refractivity contribution in [2.24, 2.45) is 22.2 Å². The Kier molecular flexibility index (Phi) is 7.68. The van der Waals surface area contributed by atoms with Crippen molar-refractivity contribution < 1.29 is 19.4 Å². The van der Waals surface area contributed by atoms with Crippen molar-refractivity contribution in [3.63, 3.8) is 0 Å². The quantitative estimate of drug-likeness (QED) is 0.332. The van der Waals surface area contributed by atoms with E-state index in [2.05, 4.69) is 59.7 Å². The third-order valence-electron chi connectivity index (χ3n) is 11.6. The fraction of sp³-hybridized carbons (Fsp3) is 0.487. The summed E-state index contributed by atoms with van der Waals surface area (Å²) in [4.78, 5) is 25.9. The summed E-state index contributed by atoms with van der Waals surface area (Å²) in [6, 6.07) is 10.8. The SMILES string of the molecule is C=C1C2=C(C)[C@@]3(C)C(O)=C(C(C)=O)C(=O)C[C@@]3(C)C[C@@]2(C)Cc2c(-c3ccc(OC)cc3)cc(CCC(C)CC)c(C)c21. The number of aryl methyl sites for hydroxylation is 1. The van der Waals surface area contributed by atoms with E-state index in [0.717, 1.165) is 48.1 Å². The molecular weight excluding hydrogens is 532 g/mol. The summed E-state index contributed by atoms with van der Waals surface area (Å²) in [7, 11) is 1.69. The van der Waals surface area contributed by atoms with Crippen LogP contribution in [0.2, 0.25) is 0 Å². The molecule has 1 N–H and O–H groups in total. The van der Waals surface area contributed by atoms with Gasteiger partial charge in [-0.2, -0.15) is 0 Å². The van der Waals surface area contributed by atoms with Crippen LogP contribution in [0.25, 0.3) is 16.7 Å². The summed E-state index contributed by atoms with van der Waals surface area (Å²) < 4.78 is 5.47. The highest BCUT2D eigenvalue weighted by Gasteiger charge is 2.62. The predicted octanol–water partition coefficient (Wildman–Crippen LogP) is 9.33. The van der Waals surface area contributed by atoms with Gasteiger partial charge < -0.3 is 9.84 Å². The van der Waals surface area contributed by atoms with Gasteiger partial charge in [-0.05, 0) is 127 Å². The van der Waals surface area contributed by atoms with Crippen LogP contribution < -0.4 is 4.74 Å². The molecule has 0 spiro atoms. The van der Waals surface area contributed by atoms with E-state index < -0.39 is 10.8 Å². The summed E-state index contributed by atoms with van der Waals surface area (Å²) in [5.74, 6) is 0.795. The lowest BCUT2D eigenvalue weighted by atomic mass is 9.43. The van der Waals surface area contributed by atoms with E-state index in [0.29, 0.717) is 12.3 Å². The lowest BCUT2D eigenvalue weighted by Crippen LogP contribution is -2.54. The Morgan fingerprint density at radius 1 is 1.12 bits per heavy atom. The minimum Gasteiger partial charge on any atom is -0.510 e. The van der Waals surface area contributed by atoms with Gasteiger partial charge >= 0.3 is 0 Å². The first-order valence-corrected chi connectivity index (χ1v) is 15.8. The predicted molar refractivity (Wildman–Crippen MR) is 175 cm³/mol. The largest absolute Gasteiger partial charge is 0.510 e. The molecule has 228 valence electrons. The summed E-state index contributed by atoms with van der Waals surface area (Å²) in [5.41, 5.74) is 9.06. The zero-order chi connectivity index (χ0) is 31.6. The standard InChI is InChI=1S/C39H48O4/c1-11-22(2)12-13-28-18-30(27-14-16-29(43-10)17-15-27)31-19-37(7)21-38(8)20-32(41)34(26(6)40)36(42)39(38,9)25(5)35(37)24(4)33(31)23(28)3/h14-18,22,42H,4,11-13,19-21H2,1-3,5-10H3/t22?,37-,38+,39+/m1/s1. The van der Waals surface area contributed by atoms with E-state index in [1.807, 2.05) is 19.1 Å². The highest BCUT2D eigenvalue weighted by Crippen LogP contribution is 2.69. The van der Waals surface area contributed by atoms with Crippen LogP contribution in [0.3, 0.4) is 0 Å². The van der Waals surface area contributed by atoms with Gasteiger partial charge in [-0.25, -0.2) is 0 Å². The molecule has 1 unspecified atom stereocenters. The van der Waals surface area contributed by atoms with Gasteiger partial charge in [-0.1, -0.05) is 64.5 Å². The van der Waals surface area contributed by atoms with E-state index in [9.17, 15) is 14.7 Å². The number of hydrogen-bond acceptors (Lipinski definition) is 4. The molecule has 0 saturated heterocycles. The molecule has 0 aromatic heterocycles. The molecule has 43 heavy (non-hydrogen) atoms. The molecule has 3 aliphatic carbocycles. The lowest BCUT2D eigenvalue weighted by Gasteiger charge is -2.60. The summed E-state index contributed by atoms with van der Waals surface area (Å²) in [6.07, 6.45) is 5.04. The van der Waals surface area contributed by atoms with Crippen molar-refractivity contribution >= 4 is 17.1 Å². The van der Waals surface area contributed by atoms with Crippen molar-refractivity contribution in [3.05, 3.63) is 81.6 Å². The number of carbonyl (C=O) groups excluding carboxylic acids is 2. The molecule has 4 heteroatoms. The number of aliphatic hydroxyl groups is 1. The fourth-order valence-electron chi connectivity index (χ4n) is 8.81. The molecule has 2 aromatic carbocycles.